The average molecular weight is 481 g/mol. The van der Waals surface area contributed by atoms with Gasteiger partial charge in [-0.25, -0.2) is 9.79 Å². The molecule has 0 atom stereocenters. The number of hydrogen-bond acceptors (Lipinski definition) is 6. The number of aromatic nitrogens is 2. The molecule has 34 heavy (non-hydrogen) atoms. The van der Waals surface area contributed by atoms with Gasteiger partial charge in [-0.2, -0.15) is 0 Å². The molecule has 9 heteroatoms. The quantitative estimate of drug-likeness (QED) is 0.415. The third-order valence-electron chi connectivity index (χ3n) is 5.46. The van der Waals surface area contributed by atoms with Gasteiger partial charge in [0, 0.05) is 19.8 Å². The highest BCUT2D eigenvalue weighted by atomic mass is 32.2. The summed E-state index contributed by atoms with van der Waals surface area (Å²) < 4.78 is 1.88. The molecule has 0 saturated heterocycles. The van der Waals surface area contributed by atoms with Crippen LogP contribution in [0.25, 0.3) is 0 Å². The van der Waals surface area contributed by atoms with E-state index >= 15 is 0 Å². The van der Waals surface area contributed by atoms with Crippen molar-refractivity contribution in [3.63, 3.8) is 0 Å². The number of thioether (sulfide) groups is 1. The summed E-state index contributed by atoms with van der Waals surface area (Å²) in [4.78, 5) is 42.5. The first kappa shape index (κ1) is 25.0. The van der Waals surface area contributed by atoms with Gasteiger partial charge in [-0.05, 0) is 43.5 Å². The third kappa shape index (κ3) is 5.31. The van der Waals surface area contributed by atoms with Crippen molar-refractivity contribution in [2.24, 2.45) is 19.1 Å². The van der Waals surface area contributed by atoms with Crippen LogP contribution in [-0.2, 0) is 25.3 Å². The zero-order chi connectivity index (χ0) is 25.0. The van der Waals surface area contributed by atoms with Gasteiger partial charge >= 0.3 is 5.69 Å². The number of carbonyl (C=O) groups excluding carboxylic acids is 1. The van der Waals surface area contributed by atoms with Crippen molar-refractivity contribution in [2.45, 2.75) is 27.2 Å². The highest BCUT2D eigenvalue weighted by Gasteiger charge is 2.22. The molecule has 178 valence electrons. The second-order valence-electron chi connectivity index (χ2n) is 7.96. The van der Waals surface area contributed by atoms with E-state index in [-0.39, 0.29) is 22.3 Å². The van der Waals surface area contributed by atoms with Crippen LogP contribution in [0.1, 0.15) is 29.2 Å². The van der Waals surface area contributed by atoms with E-state index < -0.39 is 17.1 Å². The van der Waals surface area contributed by atoms with E-state index in [9.17, 15) is 19.5 Å². The summed E-state index contributed by atoms with van der Waals surface area (Å²) in [6.07, 6.45) is 0.770. The molecule has 1 amide bonds. The lowest BCUT2D eigenvalue weighted by molar-refractivity contribution is -0.113. The van der Waals surface area contributed by atoms with Crippen LogP contribution in [0.3, 0.4) is 0 Å². The minimum atomic E-state index is -0.688. The molecule has 0 aliphatic carbocycles. The lowest BCUT2D eigenvalue weighted by atomic mass is 10.1. The number of amides is 1. The van der Waals surface area contributed by atoms with Crippen molar-refractivity contribution in [2.75, 3.05) is 11.1 Å². The molecular formula is C25H28N4O4S. The van der Waals surface area contributed by atoms with Gasteiger partial charge in [-0.1, -0.05) is 54.6 Å². The number of carbonyl (C=O) groups is 1. The normalized spacial score (nSPS) is 11.5. The van der Waals surface area contributed by atoms with Gasteiger partial charge in [0.15, 0.2) is 0 Å². The highest BCUT2D eigenvalue weighted by Crippen LogP contribution is 2.25. The summed E-state index contributed by atoms with van der Waals surface area (Å²) in [6, 6.07) is 13.1. The monoisotopic (exact) mass is 480 g/mol. The number of rotatable bonds is 6. The van der Waals surface area contributed by atoms with Crippen LogP contribution in [0.15, 0.2) is 57.0 Å². The number of hydrogen-bond donors (Lipinski definition) is 2. The van der Waals surface area contributed by atoms with E-state index in [1.165, 1.54) is 14.1 Å². The van der Waals surface area contributed by atoms with Gasteiger partial charge in [0.1, 0.15) is 10.6 Å². The van der Waals surface area contributed by atoms with Gasteiger partial charge in [-0.3, -0.25) is 18.7 Å². The molecule has 0 aliphatic rings. The molecule has 8 nitrogen and oxygen atoms in total. The fourth-order valence-corrected chi connectivity index (χ4v) is 4.26. The maximum Gasteiger partial charge on any atom is 0.333 e. The van der Waals surface area contributed by atoms with Crippen LogP contribution in [0.4, 0.5) is 11.4 Å². The largest absolute Gasteiger partial charge is 0.494 e. The fraction of sp³-hybridized carbons (Fsp3) is 0.280. The predicted molar refractivity (Wildman–Crippen MR) is 138 cm³/mol. The standard InChI is InChI=1S/C25H28N4O4S/c1-6-17-9-7-8-16(3)21(17)27-19(30)14-34-22(26-18-12-10-15(2)11-13-18)20-23(31)28(4)25(33)29(5)24(20)32/h7-13,31H,6,14H2,1-5H3,(H,27,30). The first-order valence-electron chi connectivity index (χ1n) is 10.8. The van der Waals surface area contributed by atoms with E-state index in [0.29, 0.717) is 5.69 Å². The molecule has 2 aromatic carbocycles. The number of nitrogens with zero attached hydrogens (tertiary/aromatic N) is 3. The number of benzene rings is 2. The number of aliphatic imine (C=N–C) groups is 1. The molecular weight excluding hydrogens is 452 g/mol. The minimum absolute atomic E-state index is 0.0480. The van der Waals surface area contributed by atoms with E-state index in [2.05, 4.69) is 10.3 Å². The van der Waals surface area contributed by atoms with Crippen molar-refractivity contribution < 1.29 is 9.90 Å². The van der Waals surface area contributed by atoms with Crippen LogP contribution >= 0.6 is 11.8 Å². The SMILES string of the molecule is CCc1cccc(C)c1NC(=O)CSC(=Nc1ccc(C)cc1)c1c(O)n(C)c(=O)n(C)c1=O. The summed E-state index contributed by atoms with van der Waals surface area (Å²) in [6.45, 7) is 5.89. The molecule has 1 aromatic heterocycles. The number of aromatic hydroxyl groups is 1. The minimum Gasteiger partial charge on any atom is -0.494 e. The Morgan fingerprint density at radius 3 is 2.38 bits per heavy atom. The summed E-state index contributed by atoms with van der Waals surface area (Å²) >= 11 is 1.02. The van der Waals surface area contributed by atoms with Crippen molar-refractivity contribution in [3.05, 3.63) is 85.6 Å². The Balaban J connectivity index is 1.99. The third-order valence-corrected chi connectivity index (χ3v) is 6.43. The van der Waals surface area contributed by atoms with Crippen molar-refractivity contribution in [1.82, 2.24) is 9.13 Å². The molecule has 3 aromatic rings. The molecule has 0 unspecified atom stereocenters. The number of aryl methyl sites for hydroxylation is 3. The molecule has 0 spiro atoms. The Bertz CT molecular complexity index is 1370. The summed E-state index contributed by atoms with van der Waals surface area (Å²) in [5.41, 5.74) is 2.87. The van der Waals surface area contributed by atoms with E-state index in [1.807, 2.05) is 51.1 Å². The molecule has 0 fully saturated rings. The fourth-order valence-electron chi connectivity index (χ4n) is 3.43. The Morgan fingerprint density at radius 1 is 1.06 bits per heavy atom. The average Bonchev–Trinajstić information content (AvgIpc) is 2.82. The Morgan fingerprint density at radius 2 is 1.74 bits per heavy atom. The van der Waals surface area contributed by atoms with Gasteiger partial charge < -0.3 is 10.4 Å². The molecule has 2 N–H and O–H groups in total. The van der Waals surface area contributed by atoms with Crippen LogP contribution < -0.4 is 16.6 Å². The van der Waals surface area contributed by atoms with E-state index in [4.69, 9.17) is 0 Å². The molecule has 3 rings (SSSR count). The van der Waals surface area contributed by atoms with Crippen LogP contribution in [0.2, 0.25) is 0 Å². The van der Waals surface area contributed by atoms with Gasteiger partial charge in [0.2, 0.25) is 11.8 Å². The number of anilines is 1. The zero-order valence-corrected chi connectivity index (χ0v) is 20.7. The number of para-hydroxylation sites is 1. The number of nitrogens with one attached hydrogen (secondary N) is 1. The lowest BCUT2D eigenvalue weighted by Crippen LogP contribution is -2.39. The second-order valence-corrected chi connectivity index (χ2v) is 8.92. The molecule has 0 bridgehead atoms. The summed E-state index contributed by atoms with van der Waals surface area (Å²) in [5, 5.41) is 13.7. The van der Waals surface area contributed by atoms with Crippen molar-refractivity contribution >= 4 is 34.1 Å². The maximum atomic E-state index is 12.9. The van der Waals surface area contributed by atoms with Crippen LogP contribution in [-0.4, -0.2) is 30.9 Å². The summed E-state index contributed by atoms with van der Waals surface area (Å²) in [5.74, 6) is -0.820. The first-order valence-corrected chi connectivity index (χ1v) is 11.8. The van der Waals surface area contributed by atoms with Gasteiger partial charge in [0.05, 0.1) is 11.4 Å². The van der Waals surface area contributed by atoms with Gasteiger partial charge in [0.25, 0.3) is 5.56 Å². The molecule has 0 aliphatic heterocycles. The zero-order valence-electron chi connectivity index (χ0n) is 19.9. The van der Waals surface area contributed by atoms with Gasteiger partial charge in [-0.15, -0.1) is 0 Å². The Hall–Kier alpha value is -3.59. The molecule has 1 heterocycles. The van der Waals surface area contributed by atoms with Crippen molar-refractivity contribution in [3.8, 4) is 5.88 Å². The van der Waals surface area contributed by atoms with Crippen LogP contribution in [0.5, 0.6) is 5.88 Å². The van der Waals surface area contributed by atoms with Crippen molar-refractivity contribution in [1.29, 1.82) is 0 Å². The topological polar surface area (TPSA) is 106 Å². The Kier molecular flexibility index (Phi) is 7.78. The van der Waals surface area contributed by atoms with E-state index in [1.54, 1.807) is 12.1 Å². The maximum absolute atomic E-state index is 12.9. The molecule has 0 saturated carbocycles. The summed E-state index contributed by atoms with van der Waals surface area (Å²) in [7, 11) is 2.70. The molecule has 0 radical (unpaired) electrons. The highest BCUT2D eigenvalue weighted by molar-refractivity contribution is 8.15. The Labute approximate surface area is 202 Å². The first-order chi connectivity index (χ1) is 16.1. The van der Waals surface area contributed by atoms with Crippen LogP contribution in [0, 0.1) is 13.8 Å². The smallest absolute Gasteiger partial charge is 0.333 e. The lowest BCUT2D eigenvalue weighted by Gasteiger charge is -2.14. The van der Waals surface area contributed by atoms with E-state index in [0.717, 1.165) is 49.7 Å². The second kappa shape index (κ2) is 10.6. The predicted octanol–water partition coefficient (Wildman–Crippen LogP) is 3.42.